The van der Waals surface area contributed by atoms with Crippen LogP contribution in [0.2, 0.25) is 0 Å². The summed E-state index contributed by atoms with van der Waals surface area (Å²) in [5.74, 6) is -0.453. The van der Waals surface area contributed by atoms with Gasteiger partial charge in [0.1, 0.15) is 0 Å². The van der Waals surface area contributed by atoms with Crippen LogP contribution >= 0.6 is 0 Å². The van der Waals surface area contributed by atoms with E-state index in [1.165, 1.54) is 7.11 Å². The summed E-state index contributed by atoms with van der Waals surface area (Å²) >= 11 is 0. The third kappa shape index (κ3) is 3.51. The number of aryl methyl sites for hydroxylation is 1. The molecule has 0 bridgehead atoms. The first-order valence-electron chi connectivity index (χ1n) is 6.32. The van der Waals surface area contributed by atoms with Crippen molar-refractivity contribution >= 4 is 11.8 Å². The maximum Gasteiger partial charge on any atom is 0.337 e. The van der Waals surface area contributed by atoms with Crippen molar-refractivity contribution in [3.8, 4) is 0 Å². The highest BCUT2D eigenvalue weighted by Gasteiger charge is 2.10. The quantitative estimate of drug-likeness (QED) is 0.618. The van der Waals surface area contributed by atoms with E-state index in [1.807, 2.05) is 18.2 Å². The Hall–Kier alpha value is -2.49. The highest BCUT2D eigenvalue weighted by molar-refractivity contribution is 5.99. The topological polar surface area (TPSA) is 56.3 Å². The Bertz CT molecular complexity index is 608. The molecule has 2 rings (SSSR count). The molecule has 20 heavy (non-hydrogen) atoms. The number of methoxy groups -OCH3 is 1. The zero-order valence-electron chi connectivity index (χ0n) is 11.2. The third-order valence-electron chi connectivity index (χ3n) is 2.94. The normalized spacial score (nSPS) is 10.1. The van der Waals surface area contributed by atoms with Gasteiger partial charge in [0.15, 0.2) is 5.78 Å². The lowest BCUT2D eigenvalue weighted by atomic mass is 10.0. The van der Waals surface area contributed by atoms with E-state index in [0.29, 0.717) is 24.0 Å². The van der Waals surface area contributed by atoms with E-state index < -0.39 is 5.97 Å². The minimum Gasteiger partial charge on any atom is -0.465 e. The Labute approximate surface area is 117 Å². The van der Waals surface area contributed by atoms with E-state index in [2.05, 4.69) is 9.72 Å². The summed E-state index contributed by atoms with van der Waals surface area (Å²) in [5.41, 5.74) is 1.78. The number of ether oxygens (including phenoxy) is 1. The molecule has 1 aromatic carbocycles. The number of hydrogen-bond donors (Lipinski definition) is 0. The van der Waals surface area contributed by atoms with Gasteiger partial charge in [-0.2, -0.15) is 0 Å². The molecule has 0 saturated carbocycles. The first kappa shape index (κ1) is 13.9. The second-order valence-electron chi connectivity index (χ2n) is 4.32. The number of pyridine rings is 1. The SMILES string of the molecule is COC(=O)c1cccc(C(=O)CCc2ccccn2)c1. The van der Waals surface area contributed by atoms with Crippen LogP contribution in [0.25, 0.3) is 0 Å². The van der Waals surface area contributed by atoms with E-state index in [-0.39, 0.29) is 5.78 Å². The molecular weight excluding hydrogens is 254 g/mol. The minimum absolute atomic E-state index is 0.0126. The Kier molecular flexibility index (Phi) is 4.60. The van der Waals surface area contributed by atoms with Gasteiger partial charge in [-0.15, -0.1) is 0 Å². The molecule has 0 aliphatic rings. The molecule has 0 radical (unpaired) electrons. The fraction of sp³-hybridized carbons (Fsp3) is 0.188. The van der Waals surface area contributed by atoms with Gasteiger partial charge in [0, 0.05) is 23.9 Å². The predicted molar refractivity (Wildman–Crippen MR) is 74.7 cm³/mol. The molecule has 0 fully saturated rings. The van der Waals surface area contributed by atoms with Crippen LogP contribution in [0.4, 0.5) is 0 Å². The molecule has 4 heteroatoms. The summed E-state index contributed by atoms with van der Waals surface area (Å²) < 4.78 is 4.64. The van der Waals surface area contributed by atoms with Gasteiger partial charge < -0.3 is 4.74 Å². The van der Waals surface area contributed by atoms with Crippen LogP contribution in [0.3, 0.4) is 0 Å². The second kappa shape index (κ2) is 6.61. The summed E-state index contributed by atoms with van der Waals surface area (Å²) in [6, 6.07) is 12.2. The monoisotopic (exact) mass is 269 g/mol. The van der Waals surface area contributed by atoms with Crippen LogP contribution in [-0.2, 0) is 11.2 Å². The highest BCUT2D eigenvalue weighted by atomic mass is 16.5. The largest absolute Gasteiger partial charge is 0.465 e. The molecule has 0 spiro atoms. The molecule has 1 aromatic heterocycles. The maximum atomic E-state index is 12.1. The van der Waals surface area contributed by atoms with E-state index in [0.717, 1.165) is 5.69 Å². The van der Waals surface area contributed by atoms with E-state index >= 15 is 0 Å². The van der Waals surface area contributed by atoms with Crippen molar-refractivity contribution in [2.24, 2.45) is 0 Å². The Morgan fingerprint density at radius 1 is 1.10 bits per heavy atom. The zero-order valence-corrected chi connectivity index (χ0v) is 11.2. The number of nitrogens with zero attached hydrogens (tertiary/aromatic N) is 1. The Morgan fingerprint density at radius 2 is 1.90 bits per heavy atom. The van der Waals surface area contributed by atoms with Crippen molar-refractivity contribution in [2.75, 3.05) is 7.11 Å². The summed E-state index contributed by atoms with van der Waals surface area (Å²) in [6.07, 6.45) is 2.65. The van der Waals surface area contributed by atoms with Gasteiger partial charge in [0.25, 0.3) is 0 Å². The first-order chi connectivity index (χ1) is 9.70. The second-order valence-corrected chi connectivity index (χ2v) is 4.32. The van der Waals surface area contributed by atoms with E-state index in [4.69, 9.17) is 0 Å². The molecule has 0 aliphatic heterocycles. The van der Waals surface area contributed by atoms with Crippen molar-refractivity contribution in [3.63, 3.8) is 0 Å². The minimum atomic E-state index is -0.440. The summed E-state index contributed by atoms with van der Waals surface area (Å²) in [7, 11) is 1.32. The van der Waals surface area contributed by atoms with Crippen LogP contribution in [0.5, 0.6) is 0 Å². The Morgan fingerprint density at radius 3 is 2.60 bits per heavy atom. The van der Waals surface area contributed by atoms with Crippen molar-refractivity contribution < 1.29 is 14.3 Å². The lowest BCUT2D eigenvalue weighted by Crippen LogP contribution is -2.06. The van der Waals surface area contributed by atoms with Crippen molar-refractivity contribution in [1.82, 2.24) is 4.98 Å². The number of benzene rings is 1. The smallest absolute Gasteiger partial charge is 0.337 e. The number of rotatable bonds is 5. The van der Waals surface area contributed by atoms with Gasteiger partial charge in [-0.1, -0.05) is 18.2 Å². The molecule has 0 N–H and O–H groups in total. The molecule has 2 aromatic rings. The van der Waals surface area contributed by atoms with Crippen LogP contribution in [0.15, 0.2) is 48.7 Å². The highest BCUT2D eigenvalue weighted by Crippen LogP contribution is 2.10. The molecule has 1 heterocycles. The fourth-order valence-corrected chi connectivity index (χ4v) is 1.87. The average molecular weight is 269 g/mol. The van der Waals surface area contributed by atoms with Gasteiger partial charge in [0.05, 0.1) is 12.7 Å². The molecule has 0 aliphatic carbocycles. The molecule has 0 saturated heterocycles. The van der Waals surface area contributed by atoms with Crippen LogP contribution < -0.4 is 0 Å². The van der Waals surface area contributed by atoms with Gasteiger partial charge in [-0.3, -0.25) is 9.78 Å². The number of Topliss-reactive ketones (excluding diaryl/α,β-unsaturated/α-hetero) is 1. The molecule has 102 valence electrons. The molecular formula is C16H15NO3. The summed E-state index contributed by atoms with van der Waals surface area (Å²) in [4.78, 5) is 27.7. The van der Waals surface area contributed by atoms with Gasteiger partial charge >= 0.3 is 5.97 Å². The molecule has 4 nitrogen and oxygen atoms in total. The van der Waals surface area contributed by atoms with Crippen molar-refractivity contribution in [2.45, 2.75) is 12.8 Å². The van der Waals surface area contributed by atoms with Gasteiger partial charge in [-0.05, 0) is 30.7 Å². The number of hydrogen-bond acceptors (Lipinski definition) is 4. The lowest BCUT2D eigenvalue weighted by molar-refractivity contribution is 0.0600. The first-order valence-corrected chi connectivity index (χ1v) is 6.32. The van der Waals surface area contributed by atoms with Gasteiger partial charge in [0.2, 0.25) is 0 Å². The Balaban J connectivity index is 2.04. The van der Waals surface area contributed by atoms with Crippen LogP contribution in [0, 0.1) is 0 Å². The number of carbonyl (C=O) groups excluding carboxylic acids is 2. The van der Waals surface area contributed by atoms with E-state index in [1.54, 1.807) is 30.5 Å². The summed E-state index contributed by atoms with van der Waals surface area (Å²) in [5, 5.41) is 0. The van der Waals surface area contributed by atoms with Crippen LogP contribution in [-0.4, -0.2) is 23.8 Å². The zero-order chi connectivity index (χ0) is 14.4. The fourth-order valence-electron chi connectivity index (χ4n) is 1.87. The number of carbonyl (C=O) groups is 2. The van der Waals surface area contributed by atoms with Crippen LogP contribution in [0.1, 0.15) is 32.8 Å². The van der Waals surface area contributed by atoms with Gasteiger partial charge in [-0.25, -0.2) is 4.79 Å². The summed E-state index contributed by atoms with van der Waals surface area (Å²) in [6.45, 7) is 0. The number of aromatic nitrogens is 1. The average Bonchev–Trinajstić information content (AvgIpc) is 2.53. The van der Waals surface area contributed by atoms with Crippen molar-refractivity contribution in [3.05, 3.63) is 65.5 Å². The standard InChI is InChI=1S/C16H15NO3/c1-20-16(19)13-6-4-5-12(11-13)15(18)9-8-14-7-2-3-10-17-14/h2-7,10-11H,8-9H2,1H3. The molecule has 0 amide bonds. The van der Waals surface area contributed by atoms with Crippen molar-refractivity contribution in [1.29, 1.82) is 0 Å². The van der Waals surface area contributed by atoms with E-state index in [9.17, 15) is 9.59 Å². The number of ketones is 1. The molecule has 0 unspecified atom stereocenters. The predicted octanol–water partition coefficient (Wildman–Crippen LogP) is 2.68. The number of esters is 1. The molecule has 0 atom stereocenters. The maximum absolute atomic E-state index is 12.1. The lowest BCUT2D eigenvalue weighted by Gasteiger charge is -2.03. The third-order valence-corrected chi connectivity index (χ3v) is 2.94.